The van der Waals surface area contributed by atoms with Gasteiger partial charge in [0.05, 0.1) is 0 Å². The van der Waals surface area contributed by atoms with Crippen LogP contribution < -0.4 is 10.2 Å². The minimum Gasteiger partial charge on any atom is -0.371 e. The maximum Gasteiger partial charge on any atom is 0.160 e. The fourth-order valence-corrected chi connectivity index (χ4v) is 5.88. The number of nitrogens with one attached hydrogen (secondary N) is 1. The molecule has 3 heterocycles. The topological polar surface area (TPSA) is 18.5 Å². The predicted molar refractivity (Wildman–Crippen MR) is 110 cm³/mol. The molecule has 0 amide bonds. The third-order valence-corrected chi connectivity index (χ3v) is 7.52. The summed E-state index contributed by atoms with van der Waals surface area (Å²) in [7, 11) is 0. The molecule has 0 saturated carbocycles. The van der Waals surface area contributed by atoms with Crippen LogP contribution in [-0.4, -0.2) is 60.7 Å². The van der Waals surface area contributed by atoms with Crippen molar-refractivity contribution in [1.29, 1.82) is 0 Å². The first-order chi connectivity index (χ1) is 13.2. The molecule has 3 nitrogen and oxygen atoms in total. The first kappa shape index (κ1) is 19.5. The standard InChI is InChI=1S/C21H31F2N3S/c22-20-2-1-19(15-21(20)23)26-11-5-17(6-12-26)24-16-3-9-25(10-4-16)18-7-13-27-14-8-18/h1-2,15-18,24H,3-14H2. The highest BCUT2D eigenvalue weighted by Gasteiger charge is 2.28. The smallest absolute Gasteiger partial charge is 0.160 e. The van der Waals surface area contributed by atoms with Crippen LogP contribution in [0.1, 0.15) is 38.5 Å². The number of thioether (sulfide) groups is 1. The van der Waals surface area contributed by atoms with Crippen molar-refractivity contribution >= 4 is 17.4 Å². The van der Waals surface area contributed by atoms with Crippen molar-refractivity contribution in [2.45, 2.75) is 56.7 Å². The average Bonchev–Trinajstić information content (AvgIpc) is 2.72. The van der Waals surface area contributed by atoms with E-state index < -0.39 is 11.6 Å². The van der Waals surface area contributed by atoms with E-state index in [0.29, 0.717) is 12.1 Å². The second kappa shape index (κ2) is 9.10. The van der Waals surface area contributed by atoms with Crippen LogP contribution in [0.15, 0.2) is 18.2 Å². The summed E-state index contributed by atoms with van der Waals surface area (Å²) in [5.41, 5.74) is 0.798. The molecule has 3 fully saturated rings. The number of hydrogen-bond donors (Lipinski definition) is 1. The van der Waals surface area contributed by atoms with Gasteiger partial charge in [0, 0.05) is 43.0 Å². The van der Waals surface area contributed by atoms with Gasteiger partial charge in [-0.3, -0.25) is 0 Å². The summed E-state index contributed by atoms with van der Waals surface area (Å²) >= 11 is 2.10. The molecule has 1 aromatic carbocycles. The molecule has 3 aliphatic rings. The van der Waals surface area contributed by atoms with E-state index in [2.05, 4.69) is 26.9 Å². The molecule has 0 spiro atoms. The van der Waals surface area contributed by atoms with Gasteiger partial charge in [-0.05, 0) is 75.3 Å². The zero-order valence-electron chi connectivity index (χ0n) is 16.0. The van der Waals surface area contributed by atoms with E-state index in [-0.39, 0.29) is 0 Å². The number of benzene rings is 1. The SMILES string of the molecule is Fc1ccc(N2CCC(NC3CCN(C4CCSCC4)CC3)CC2)cc1F. The molecule has 1 aromatic rings. The largest absolute Gasteiger partial charge is 0.371 e. The Kier molecular flexibility index (Phi) is 6.56. The lowest BCUT2D eigenvalue weighted by Gasteiger charge is -2.41. The normalized spacial score (nSPS) is 24.4. The van der Waals surface area contributed by atoms with Gasteiger partial charge >= 0.3 is 0 Å². The van der Waals surface area contributed by atoms with Gasteiger partial charge in [-0.15, -0.1) is 0 Å². The van der Waals surface area contributed by atoms with Gasteiger partial charge in [-0.25, -0.2) is 8.78 Å². The van der Waals surface area contributed by atoms with Crippen molar-refractivity contribution < 1.29 is 8.78 Å². The first-order valence-electron chi connectivity index (χ1n) is 10.5. The van der Waals surface area contributed by atoms with Gasteiger partial charge in [0.15, 0.2) is 11.6 Å². The van der Waals surface area contributed by atoms with Gasteiger partial charge in [-0.2, -0.15) is 11.8 Å². The molecule has 0 atom stereocenters. The molecular weight excluding hydrogens is 364 g/mol. The van der Waals surface area contributed by atoms with Crippen LogP contribution >= 0.6 is 11.8 Å². The van der Waals surface area contributed by atoms with Crippen LogP contribution in [0.3, 0.4) is 0 Å². The molecule has 0 radical (unpaired) electrons. The van der Waals surface area contributed by atoms with Crippen LogP contribution in [0.25, 0.3) is 0 Å². The molecule has 0 bridgehead atoms. The van der Waals surface area contributed by atoms with Crippen molar-refractivity contribution in [2.24, 2.45) is 0 Å². The molecule has 150 valence electrons. The molecule has 27 heavy (non-hydrogen) atoms. The zero-order valence-corrected chi connectivity index (χ0v) is 16.8. The third-order valence-electron chi connectivity index (χ3n) is 6.47. The lowest BCUT2D eigenvalue weighted by Crippen LogP contribution is -2.51. The minimum absolute atomic E-state index is 0.550. The Balaban J connectivity index is 1.20. The summed E-state index contributed by atoms with van der Waals surface area (Å²) in [6.07, 6.45) is 7.38. The zero-order chi connectivity index (χ0) is 18.6. The minimum atomic E-state index is -0.770. The Morgan fingerprint density at radius 2 is 1.44 bits per heavy atom. The summed E-state index contributed by atoms with van der Waals surface area (Å²) < 4.78 is 26.6. The van der Waals surface area contributed by atoms with E-state index in [1.165, 1.54) is 62.4 Å². The molecule has 1 N–H and O–H groups in total. The quantitative estimate of drug-likeness (QED) is 0.834. The molecule has 3 aliphatic heterocycles. The highest BCUT2D eigenvalue weighted by atomic mass is 32.2. The number of piperidine rings is 2. The van der Waals surface area contributed by atoms with Crippen molar-refractivity contribution in [3.8, 4) is 0 Å². The number of rotatable bonds is 4. The highest BCUT2D eigenvalue weighted by Crippen LogP contribution is 2.26. The maximum absolute atomic E-state index is 13.5. The third kappa shape index (κ3) is 4.96. The number of anilines is 1. The summed E-state index contributed by atoms with van der Waals surface area (Å²) in [5, 5.41) is 3.88. The van der Waals surface area contributed by atoms with E-state index in [9.17, 15) is 8.78 Å². The molecule has 6 heteroatoms. The van der Waals surface area contributed by atoms with Gasteiger partial charge in [0.25, 0.3) is 0 Å². The molecule has 4 rings (SSSR count). The Bertz CT molecular complexity index is 607. The summed E-state index contributed by atoms with van der Waals surface area (Å²) in [5.74, 6) is 1.14. The van der Waals surface area contributed by atoms with E-state index in [0.717, 1.165) is 37.7 Å². The van der Waals surface area contributed by atoms with Crippen molar-refractivity contribution in [3.63, 3.8) is 0 Å². The first-order valence-corrected chi connectivity index (χ1v) is 11.6. The molecule has 0 unspecified atom stereocenters. The lowest BCUT2D eigenvalue weighted by atomic mass is 9.97. The fraction of sp³-hybridized carbons (Fsp3) is 0.714. The Morgan fingerprint density at radius 3 is 2.07 bits per heavy atom. The molecule has 0 aromatic heterocycles. The van der Waals surface area contributed by atoms with Gasteiger partial charge in [0.1, 0.15) is 0 Å². The van der Waals surface area contributed by atoms with Crippen LogP contribution in [0.4, 0.5) is 14.5 Å². The van der Waals surface area contributed by atoms with Crippen LogP contribution in [0.5, 0.6) is 0 Å². The van der Waals surface area contributed by atoms with Gasteiger partial charge in [0.2, 0.25) is 0 Å². The van der Waals surface area contributed by atoms with Crippen LogP contribution in [0, 0.1) is 11.6 Å². The number of halogens is 2. The Morgan fingerprint density at radius 1 is 0.815 bits per heavy atom. The van der Waals surface area contributed by atoms with Crippen molar-refractivity contribution in [2.75, 3.05) is 42.6 Å². The summed E-state index contributed by atoms with van der Waals surface area (Å²) in [4.78, 5) is 4.90. The molecule has 0 aliphatic carbocycles. The van der Waals surface area contributed by atoms with E-state index in [1.54, 1.807) is 6.07 Å². The van der Waals surface area contributed by atoms with E-state index in [4.69, 9.17) is 0 Å². The number of hydrogen-bond acceptors (Lipinski definition) is 4. The van der Waals surface area contributed by atoms with Crippen LogP contribution in [0.2, 0.25) is 0 Å². The van der Waals surface area contributed by atoms with Gasteiger partial charge < -0.3 is 15.1 Å². The van der Waals surface area contributed by atoms with Gasteiger partial charge in [-0.1, -0.05) is 0 Å². The van der Waals surface area contributed by atoms with Crippen LogP contribution in [-0.2, 0) is 0 Å². The predicted octanol–water partition coefficient (Wildman–Crippen LogP) is 3.88. The summed E-state index contributed by atoms with van der Waals surface area (Å²) in [6.45, 7) is 4.28. The monoisotopic (exact) mass is 395 g/mol. The van der Waals surface area contributed by atoms with Crippen molar-refractivity contribution in [3.05, 3.63) is 29.8 Å². The Labute approximate surface area is 165 Å². The molecular formula is C21H31F2N3S. The number of likely N-dealkylation sites (tertiary alicyclic amines) is 1. The van der Waals surface area contributed by atoms with E-state index in [1.807, 2.05) is 0 Å². The Hall–Kier alpha value is -0.850. The number of nitrogens with zero attached hydrogens (tertiary/aromatic N) is 2. The maximum atomic E-state index is 13.5. The van der Waals surface area contributed by atoms with E-state index >= 15 is 0 Å². The molecule has 3 saturated heterocycles. The summed E-state index contributed by atoms with van der Waals surface area (Å²) in [6, 6.07) is 6.25. The second-order valence-corrected chi connectivity index (χ2v) is 9.40. The average molecular weight is 396 g/mol. The second-order valence-electron chi connectivity index (χ2n) is 8.18. The fourth-order valence-electron chi connectivity index (χ4n) is 4.80. The highest BCUT2D eigenvalue weighted by molar-refractivity contribution is 7.99. The van der Waals surface area contributed by atoms with Crippen molar-refractivity contribution in [1.82, 2.24) is 10.2 Å². The lowest BCUT2D eigenvalue weighted by molar-refractivity contribution is 0.130.